The Balaban J connectivity index is 1.82. The highest BCUT2D eigenvalue weighted by molar-refractivity contribution is 9.11. The van der Waals surface area contributed by atoms with E-state index in [1.54, 1.807) is 19.1 Å². The first-order valence-corrected chi connectivity index (χ1v) is 10.6. The Morgan fingerprint density at radius 2 is 1.79 bits per heavy atom. The number of carbonyl (C=O) groups is 2. The number of ether oxygens (including phenoxy) is 1. The third-order valence-corrected chi connectivity index (χ3v) is 5.70. The van der Waals surface area contributed by atoms with Gasteiger partial charge in [0.25, 0.3) is 5.91 Å². The molecule has 0 heterocycles. The summed E-state index contributed by atoms with van der Waals surface area (Å²) >= 11 is 12.9. The second-order valence-electron chi connectivity index (χ2n) is 6.39. The first-order valence-electron chi connectivity index (χ1n) is 8.62. The van der Waals surface area contributed by atoms with Crippen molar-refractivity contribution in [3.8, 4) is 5.75 Å². The minimum atomic E-state index is -0.428. The van der Waals surface area contributed by atoms with E-state index in [4.69, 9.17) is 16.3 Å². The third-order valence-electron chi connectivity index (χ3n) is 3.82. The number of aryl methyl sites for hydroxylation is 2. The minimum Gasteiger partial charge on any atom is -0.483 e. The van der Waals surface area contributed by atoms with Gasteiger partial charge in [-0.3, -0.25) is 9.59 Å². The summed E-state index contributed by atoms with van der Waals surface area (Å²) in [7, 11) is 0. The summed E-state index contributed by atoms with van der Waals surface area (Å²) in [4.78, 5) is 24.0. The Morgan fingerprint density at radius 1 is 1.07 bits per heavy atom. The molecule has 0 aromatic heterocycles. The number of nitrogens with one attached hydrogen (secondary N) is 2. The van der Waals surface area contributed by atoms with Gasteiger partial charge in [-0.2, -0.15) is 5.10 Å². The van der Waals surface area contributed by atoms with E-state index in [-0.39, 0.29) is 18.9 Å². The molecule has 0 bridgehead atoms. The minimum absolute atomic E-state index is 0.0318. The molecule has 0 saturated carbocycles. The maximum Gasteiger partial charge on any atom is 0.277 e. The van der Waals surface area contributed by atoms with Gasteiger partial charge in [0.05, 0.1) is 10.9 Å². The fourth-order valence-electron chi connectivity index (χ4n) is 2.22. The number of hydrogen-bond acceptors (Lipinski definition) is 4. The highest BCUT2D eigenvalue weighted by Crippen LogP contribution is 2.31. The molecule has 9 heteroatoms. The standard InChI is InChI=1S/C20H20Br2ClN3O3/c1-11-4-5-14(8-17(11)23)24-19(27)7-13(3)25-26-20(28)10-29-18-6-12(2)15(21)9-16(18)22/h4-6,8-9H,7,10H2,1-3H3,(H,24,27)(H,26,28)/b25-13+. The van der Waals surface area contributed by atoms with E-state index in [1.165, 1.54) is 0 Å². The van der Waals surface area contributed by atoms with Crippen LogP contribution in [0.1, 0.15) is 24.5 Å². The second kappa shape index (κ2) is 10.8. The zero-order valence-electron chi connectivity index (χ0n) is 16.1. The lowest BCUT2D eigenvalue weighted by Crippen LogP contribution is -2.26. The summed E-state index contributed by atoms with van der Waals surface area (Å²) < 4.78 is 7.18. The van der Waals surface area contributed by atoms with Gasteiger partial charge in [-0.15, -0.1) is 0 Å². The maximum atomic E-state index is 12.1. The van der Waals surface area contributed by atoms with Crippen molar-refractivity contribution in [3.63, 3.8) is 0 Å². The van der Waals surface area contributed by atoms with Crippen LogP contribution in [0.3, 0.4) is 0 Å². The van der Waals surface area contributed by atoms with E-state index in [2.05, 4.69) is 47.7 Å². The normalized spacial score (nSPS) is 11.2. The van der Waals surface area contributed by atoms with Crippen molar-refractivity contribution < 1.29 is 14.3 Å². The first-order chi connectivity index (χ1) is 13.7. The number of nitrogens with zero attached hydrogens (tertiary/aromatic N) is 1. The molecule has 0 unspecified atom stereocenters. The SMILES string of the molecule is C/C(CC(=O)Nc1ccc(C)c(Cl)c1)=N\NC(=O)COc1cc(C)c(Br)cc1Br. The lowest BCUT2D eigenvalue weighted by atomic mass is 10.2. The summed E-state index contributed by atoms with van der Waals surface area (Å²) in [5.41, 5.74) is 5.35. The molecule has 0 fully saturated rings. The number of benzene rings is 2. The summed E-state index contributed by atoms with van der Waals surface area (Å²) in [6.07, 6.45) is 0.0318. The molecular formula is C20H20Br2ClN3O3. The van der Waals surface area contributed by atoms with Gasteiger partial charge in [0.15, 0.2) is 6.61 Å². The number of anilines is 1. The predicted molar refractivity (Wildman–Crippen MR) is 123 cm³/mol. The van der Waals surface area contributed by atoms with Crippen molar-refractivity contribution in [2.24, 2.45) is 5.10 Å². The molecule has 2 rings (SSSR count). The van der Waals surface area contributed by atoms with Crippen molar-refractivity contribution >= 4 is 66.7 Å². The first kappa shape index (κ1) is 23.4. The number of carbonyl (C=O) groups excluding carboxylic acids is 2. The molecule has 0 saturated heterocycles. The fraction of sp³-hybridized carbons (Fsp3) is 0.250. The van der Waals surface area contributed by atoms with Gasteiger partial charge < -0.3 is 10.1 Å². The van der Waals surface area contributed by atoms with E-state index >= 15 is 0 Å². The quantitative estimate of drug-likeness (QED) is 0.362. The summed E-state index contributed by atoms with van der Waals surface area (Å²) in [5.74, 6) is -0.133. The van der Waals surface area contributed by atoms with E-state index in [0.717, 1.165) is 20.1 Å². The van der Waals surface area contributed by atoms with Crippen LogP contribution in [-0.2, 0) is 9.59 Å². The Bertz CT molecular complexity index is 964. The number of hydrogen-bond donors (Lipinski definition) is 2. The molecule has 2 aromatic carbocycles. The van der Waals surface area contributed by atoms with E-state index in [1.807, 2.05) is 32.0 Å². The van der Waals surface area contributed by atoms with Crippen LogP contribution in [-0.4, -0.2) is 24.1 Å². The zero-order valence-corrected chi connectivity index (χ0v) is 20.0. The summed E-state index contributed by atoms with van der Waals surface area (Å²) in [5, 5.41) is 7.25. The van der Waals surface area contributed by atoms with Crippen LogP contribution in [0.4, 0.5) is 5.69 Å². The largest absolute Gasteiger partial charge is 0.483 e. The van der Waals surface area contributed by atoms with Crippen LogP contribution in [0.15, 0.2) is 44.4 Å². The molecule has 0 spiro atoms. The molecule has 0 atom stereocenters. The van der Waals surface area contributed by atoms with Crippen molar-refractivity contribution in [3.05, 3.63) is 55.4 Å². The molecule has 154 valence electrons. The van der Waals surface area contributed by atoms with Gasteiger partial charge in [0.2, 0.25) is 5.91 Å². The van der Waals surface area contributed by atoms with Crippen LogP contribution in [0, 0.1) is 13.8 Å². The average Bonchev–Trinajstić information content (AvgIpc) is 2.64. The van der Waals surface area contributed by atoms with Gasteiger partial charge in [0.1, 0.15) is 5.75 Å². The second-order valence-corrected chi connectivity index (χ2v) is 8.51. The van der Waals surface area contributed by atoms with Crippen LogP contribution in [0.2, 0.25) is 5.02 Å². The molecule has 0 radical (unpaired) electrons. The smallest absolute Gasteiger partial charge is 0.277 e. The lowest BCUT2D eigenvalue weighted by Gasteiger charge is -2.10. The van der Waals surface area contributed by atoms with Crippen LogP contribution >= 0.6 is 43.5 Å². The predicted octanol–water partition coefficient (Wildman–Crippen LogP) is 5.38. The monoisotopic (exact) mass is 543 g/mol. The topological polar surface area (TPSA) is 79.8 Å². The van der Waals surface area contributed by atoms with Crippen molar-refractivity contribution in [2.75, 3.05) is 11.9 Å². The van der Waals surface area contributed by atoms with Gasteiger partial charge in [0, 0.05) is 20.9 Å². The van der Waals surface area contributed by atoms with E-state index in [9.17, 15) is 9.59 Å². The van der Waals surface area contributed by atoms with Crippen molar-refractivity contribution in [2.45, 2.75) is 27.2 Å². The van der Waals surface area contributed by atoms with Crippen molar-refractivity contribution in [1.29, 1.82) is 0 Å². The Labute approximate surface area is 191 Å². The molecule has 0 aliphatic rings. The van der Waals surface area contributed by atoms with Gasteiger partial charge >= 0.3 is 0 Å². The van der Waals surface area contributed by atoms with Gasteiger partial charge in [-0.05, 0) is 72.1 Å². The highest BCUT2D eigenvalue weighted by atomic mass is 79.9. The fourth-order valence-corrected chi connectivity index (χ4v) is 3.51. The zero-order chi connectivity index (χ0) is 21.6. The van der Waals surface area contributed by atoms with Crippen LogP contribution in [0.5, 0.6) is 5.75 Å². The number of hydrazone groups is 1. The van der Waals surface area contributed by atoms with Crippen LogP contribution < -0.4 is 15.5 Å². The Morgan fingerprint density at radius 3 is 2.48 bits per heavy atom. The molecule has 2 aromatic rings. The summed E-state index contributed by atoms with van der Waals surface area (Å²) in [6, 6.07) is 8.95. The average molecular weight is 546 g/mol. The number of amides is 2. The van der Waals surface area contributed by atoms with Gasteiger partial charge in [-0.25, -0.2) is 5.43 Å². The number of rotatable bonds is 7. The van der Waals surface area contributed by atoms with E-state index < -0.39 is 5.91 Å². The molecule has 2 N–H and O–H groups in total. The van der Waals surface area contributed by atoms with E-state index in [0.29, 0.717) is 22.2 Å². The molecule has 0 aliphatic carbocycles. The molecule has 0 aliphatic heterocycles. The molecule has 29 heavy (non-hydrogen) atoms. The molecule has 6 nitrogen and oxygen atoms in total. The number of halogens is 3. The molecule has 2 amide bonds. The Kier molecular flexibility index (Phi) is 8.67. The van der Waals surface area contributed by atoms with Crippen molar-refractivity contribution in [1.82, 2.24) is 5.43 Å². The van der Waals surface area contributed by atoms with Gasteiger partial charge in [-0.1, -0.05) is 33.6 Å². The lowest BCUT2D eigenvalue weighted by molar-refractivity contribution is -0.123. The highest BCUT2D eigenvalue weighted by Gasteiger charge is 2.09. The maximum absolute atomic E-state index is 12.1. The third kappa shape index (κ3) is 7.45. The summed E-state index contributed by atoms with van der Waals surface area (Å²) in [6.45, 7) is 5.25. The molecular weight excluding hydrogens is 525 g/mol. The van der Waals surface area contributed by atoms with Crippen LogP contribution in [0.25, 0.3) is 0 Å². The Hall–Kier alpha value is -1.90.